The van der Waals surface area contributed by atoms with Crippen molar-refractivity contribution in [3.05, 3.63) is 12.2 Å². The summed E-state index contributed by atoms with van der Waals surface area (Å²) in [6.45, 7) is 0.807. The molecule has 90 valence electrons. The van der Waals surface area contributed by atoms with Crippen molar-refractivity contribution in [2.75, 3.05) is 13.6 Å². The maximum atomic E-state index is 12.3. The van der Waals surface area contributed by atoms with Crippen molar-refractivity contribution in [3.63, 3.8) is 0 Å². The Kier molecular flexibility index (Phi) is 3.99. The first-order chi connectivity index (χ1) is 7.83. The first-order valence-corrected chi connectivity index (χ1v) is 6.45. The van der Waals surface area contributed by atoms with Gasteiger partial charge >= 0.3 is 0 Å². The highest BCUT2D eigenvalue weighted by atomic mass is 16.2. The summed E-state index contributed by atoms with van der Waals surface area (Å²) >= 11 is 0. The van der Waals surface area contributed by atoms with Crippen molar-refractivity contribution in [2.45, 2.75) is 50.6 Å². The number of nitrogens with zero attached hydrogens (tertiary/aromatic N) is 1. The predicted molar refractivity (Wildman–Crippen MR) is 65.2 cm³/mol. The maximum absolute atomic E-state index is 12.3. The molecule has 3 heteroatoms. The number of carbonyl (C=O) groups is 1. The molecule has 0 aromatic heterocycles. The van der Waals surface area contributed by atoms with Crippen LogP contribution in [0.1, 0.15) is 38.5 Å². The van der Waals surface area contributed by atoms with Gasteiger partial charge < -0.3 is 10.2 Å². The van der Waals surface area contributed by atoms with Crippen LogP contribution in [0.5, 0.6) is 0 Å². The molecule has 1 fully saturated rings. The molecule has 1 heterocycles. The van der Waals surface area contributed by atoms with E-state index in [1.807, 2.05) is 7.05 Å². The first kappa shape index (κ1) is 11.6. The van der Waals surface area contributed by atoms with E-state index in [4.69, 9.17) is 0 Å². The third-order valence-electron chi connectivity index (χ3n) is 3.79. The molecule has 1 aliphatic carbocycles. The molecule has 0 unspecified atom stereocenters. The van der Waals surface area contributed by atoms with Crippen LogP contribution in [0.15, 0.2) is 12.2 Å². The van der Waals surface area contributed by atoms with E-state index in [1.165, 1.54) is 32.1 Å². The van der Waals surface area contributed by atoms with Gasteiger partial charge in [-0.25, -0.2) is 0 Å². The highest BCUT2D eigenvalue weighted by Gasteiger charge is 2.29. The van der Waals surface area contributed by atoms with Crippen molar-refractivity contribution in [1.29, 1.82) is 0 Å². The molecule has 0 spiro atoms. The molecule has 1 N–H and O–H groups in total. The minimum absolute atomic E-state index is 0.0133. The molecule has 3 nitrogen and oxygen atoms in total. The van der Waals surface area contributed by atoms with Crippen LogP contribution in [-0.4, -0.2) is 36.5 Å². The van der Waals surface area contributed by atoms with E-state index in [9.17, 15) is 4.79 Å². The Labute approximate surface area is 97.9 Å². The van der Waals surface area contributed by atoms with Gasteiger partial charge in [0.25, 0.3) is 0 Å². The Hall–Kier alpha value is -0.830. The van der Waals surface area contributed by atoms with Crippen molar-refractivity contribution in [3.8, 4) is 0 Å². The van der Waals surface area contributed by atoms with Crippen LogP contribution in [0.4, 0.5) is 0 Å². The zero-order valence-corrected chi connectivity index (χ0v) is 10.1. The van der Waals surface area contributed by atoms with Gasteiger partial charge in [-0.05, 0) is 26.3 Å². The van der Waals surface area contributed by atoms with Crippen LogP contribution in [-0.2, 0) is 4.79 Å². The normalized spacial score (nSPS) is 28.2. The summed E-state index contributed by atoms with van der Waals surface area (Å²) in [5.74, 6) is 0.291. The fourth-order valence-corrected chi connectivity index (χ4v) is 2.77. The number of amides is 1. The molecule has 1 amide bonds. The minimum atomic E-state index is -0.0133. The van der Waals surface area contributed by atoms with E-state index < -0.39 is 0 Å². The molecular weight excluding hydrogens is 200 g/mol. The molecule has 0 bridgehead atoms. The van der Waals surface area contributed by atoms with Gasteiger partial charge in [0.1, 0.15) is 0 Å². The van der Waals surface area contributed by atoms with Crippen molar-refractivity contribution in [2.24, 2.45) is 0 Å². The summed E-state index contributed by atoms with van der Waals surface area (Å²) in [6.07, 6.45) is 11.4. The zero-order valence-electron chi connectivity index (χ0n) is 10.1. The molecule has 1 saturated carbocycles. The lowest BCUT2D eigenvalue weighted by molar-refractivity contribution is -0.135. The summed E-state index contributed by atoms with van der Waals surface area (Å²) < 4.78 is 0. The molecule has 1 aliphatic heterocycles. The Morgan fingerprint density at radius 3 is 2.69 bits per heavy atom. The van der Waals surface area contributed by atoms with Crippen molar-refractivity contribution < 1.29 is 4.79 Å². The second-order valence-corrected chi connectivity index (χ2v) is 4.83. The van der Waals surface area contributed by atoms with Crippen LogP contribution >= 0.6 is 0 Å². The largest absolute Gasteiger partial charge is 0.335 e. The van der Waals surface area contributed by atoms with E-state index in [1.54, 1.807) is 0 Å². The molecule has 0 aromatic carbocycles. The average Bonchev–Trinajstić information content (AvgIpc) is 2.52. The zero-order chi connectivity index (χ0) is 11.4. The van der Waals surface area contributed by atoms with Crippen LogP contribution in [0.25, 0.3) is 0 Å². The average molecular weight is 222 g/mol. The van der Waals surface area contributed by atoms with Crippen LogP contribution in [0.3, 0.4) is 0 Å². The first-order valence-electron chi connectivity index (χ1n) is 6.45. The highest BCUT2D eigenvalue weighted by Crippen LogP contribution is 2.24. The van der Waals surface area contributed by atoms with Gasteiger partial charge in [-0.1, -0.05) is 31.4 Å². The van der Waals surface area contributed by atoms with E-state index in [0.717, 1.165) is 13.0 Å². The van der Waals surface area contributed by atoms with E-state index in [-0.39, 0.29) is 6.04 Å². The standard InChI is InChI=1S/C13H22N2O/c1-14-12-9-5-6-10-15(13(12)16)11-7-3-2-4-8-11/h5-6,11-12,14H,2-4,7-10H2,1H3/t12-/m0/s1. The van der Waals surface area contributed by atoms with Gasteiger partial charge in [-0.2, -0.15) is 0 Å². The lowest BCUT2D eigenvalue weighted by atomic mass is 9.94. The van der Waals surface area contributed by atoms with Gasteiger partial charge in [-0.3, -0.25) is 4.79 Å². The van der Waals surface area contributed by atoms with Crippen molar-refractivity contribution >= 4 is 5.91 Å². The summed E-state index contributed by atoms with van der Waals surface area (Å²) in [7, 11) is 1.88. The predicted octanol–water partition coefficient (Wildman–Crippen LogP) is 1.70. The van der Waals surface area contributed by atoms with Crippen molar-refractivity contribution in [1.82, 2.24) is 10.2 Å². The number of hydrogen-bond acceptors (Lipinski definition) is 2. The molecule has 0 aromatic rings. The summed E-state index contributed by atoms with van der Waals surface area (Å²) in [4.78, 5) is 14.4. The van der Waals surface area contributed by atoms with Gasteiger partial charge in [0, 0.05) is 12.6 Å². The maximum Gasteiger partial charge on any atom is 0.240 e. The van der Waals surface area contributed by atoms with Gasteiger partial charge in [0.05, 0.1) is 6.04 Å². The number of hydrogen-bond donors (Lipinski definition) is 1. The quantitative estimate of drug-likeness (QED) is 0.721. The lowest BCUT2D eigenvalue weighted by Crippen LogP contribution is -2.49. The SMILES string of the molecule is CN[C@H]1CC=CCN(C2CCCCC2)C1=O. The Morgan fingerprint density at radius 2 is 2.00 bits per heavy atom. The van der Waals surface area contributed by atoms with Gasteiger partial charge in [0.15, 0.2) is 0 Å². The molecule has 0 saturated heterocycles. The molecule has 2 aliphatic rings. The molecule has 0 radical (unpaired) electrons. The number of rotatable bonds is 2. The summed E-state index contributed by atoms with van der Waals surface area (Å²) in [6, 6.07) is 0.473. The summed E-state index contributed by atoms with van der Waals surface area (Å²) in [5.41, 5.74) is 0. The fraction of sp³-hybridized carbons (Fsp3) is 0.769. The molecule has 2 rings (SSSR count). The lowest BCUT2D eigenvalue weighted by Gasteiger charge is -2.34. The second kappa shape index (κ2) is 5.48. The molecular formula is C13H22N2O. The molecule has 1 atom stereocenters. The fourth-order valence-electron chi connectivity index (χ4n) is 2.77. The smallest absolute Gasteiger partial charge is 0.240 e. The monoisotopic (exact) mass is 222 g/mol. The third kappa shape index (κ3) is 2.46. The van der Waals surface area contributed by atoms with Crippen LogP contribution in [0, 0.1) is 0 Å². The molecule has 16 heavy (non-hydrogen) atoms. The number of nitrogens with one attached hydrogen (secondary N) is 1. The van der Waals surface area contributed by atoms with E-state index in [2.05, 4.69) is 22.4 Å². The topological polar surface area (TPSA) is 32.3 Å². The van der Waals surface area contributed by atoms with E-state index in [0.29, 0.717) is 11.9 Å². The Bertz CT molecular complexity index is 269. The highest BCUT2D eigenvalue weighted by molar-refractivity contribution is 5.83. The number of likely N-dealkylation sites (N-methyl/N-ethyl adjacent to an activating group) is 1. The van der Waals surface area contributed by atoms with E-state index >= 15 is 0 Å². The summed E-state index contributed by atoms with van der Waals surface area (Å²) in [5, 5.41) is 3.12. The minimum Gasteiger partial charge on any atom is -0.335 e. The van der Waals surface area contributed by atoms with Gasteiger partial charge in [-0.15, -0.1) is 0 Å². The van der Waals surface area contributed by atoms with Crippen LogP contribution in [0.2, 0.25) is 0 Å². The van der Waals surface area contributed by atoms with Crippen LogP contribution < -0.4 is 5.32 Å². The Morgan fingerprint density at radius 1 is 1.25 bits per heavy atom. The third-order valence-corrected chi connectivity index (χ3v) is 3.79. The Balaban J connectivity index is 2.05. The number of carbonyl (C=O) groups excluding carboxylic acids is 1. The van der Waals surface area contributed by atoms with Gasteiger partial charge in [0.2, 0.25) is 5.91 Å². The second-order valence-electron chi connectivity index (χ2n) is 4.83.